The van der Waals surface area contributed by atoms with Crippen LogP contribution in [0.5, 0.6) is 0 Å². The molecule has 1 heterocycles. The van der Waals surface area contributed by atoms with E-state index in [0.717, 1.165) is 0 Å². The third-order valence-corrected chi connectivity index (χ3v) is 2.78. The van der Waals surface area contributed by atoms with Crippen LogP contribution < -0.4 is 5.32 Å². The van der Waals surface area contributed by atoms with Crippen LogP contribution in [0.25, 0.3) is 0 Å². The molecule has 1 rings (SSSR count). The normalized spacial score (nSPS) is 37.7. The molecule has 4 N–H and O–H groups in total. The number of likely N-dealkylation sites (tertiary alicyclic amines) is 1. The van der Waals surface area contributed by atoms with Gasteiger partial charge in [0.15, 0.2) is 0 Å². The summed E-state index contributed by atoms with van der Waals surface area (Å²) < 4.78 is 0. The predicted molar refractivity (Wildman–Crippen MR) is 53.1 cm³/mol. The Morgan fingerprint density at radius 2 is 2.07 bits per heavy atom. The van der Waals surface area contributed by atoms with Crippen molar-refractivity contribution in [2.45, 2.75) is 31.2 Å². The maximum absolute atomic E-state index is 10.9. The van der Waals surface area contributed by atoms with Gasteiger partial charge >= 0.3 is 0 Å². The summed E-state index contributed by atoms with van der Waals surface area (Å²) in [5.74, 6) is -0.248. The van der Waals surface area contributed by atoms with Gasteiger partial charge in [0.1, 0.15) is 6.10 Å². The summed E-state index contributed by atoms with van der Waals surface area (Å²) in [5, 5.41) is 31.0. The average Bonchev–Trinajstić information content (AvgIpc) is 2.14. The van der Waals surface area contributed by atoms with Crippen molar-refractivity contribution in [3.05, 3.63) is 0 Å². The van der Waals surface area contributed by atoms with Crippen LogP contribution in [0, 0.1) is 0 Å². The number of nitrogens with one attached hydrogen (secondary N) is 1. The van der Waals surface area contributed by atoms with Gasteiger partial charge in [-0.25, -0.2) is 0 Å². The summed E-state index contributed by atoms with van der Waals surface area (Å²) in [6.07, 6.45) is -2.09. The van der Waals surface area contributed by atoms with Crippen molar-refractivity contribution in [2.24, 2.45) is 0 Å². The lowest BCUT2D eigenvalue weighted by molar-refractivity contribution is -0.127. The molecular weight excluding hydrogens is 200 g/mol. The molecule has 1 aliphatic rings. The zero-order valence-corrected chi connectivity index (χ0v) is 8.92. The largest absolute Gasteiger partial charge is 0.395 e. The summed E-state index contributed by atoms with van der Waals surface area (Å²) in [6, 6.07) is -0.977. The number of likely N-dealkylation sites (N-methyl/N-ethyl adjacent to an activating group) is 1. The molecule has 0 bridgehead atoms. The maximum atomic E-state index is 10.9. The fourth-order valence-electron chi connectivity index (χ4n) is 1.92. The Morgan fingerprint density at radius 3 is 2.53 bits per heavy atom. The highest BCUT2D eigenvalue weighted by Gasteiger charge is 2.40. The number of carbonyl (C=O) groups is 1. The van der Waals surface area contributed by atoms with E-state index in [1.165, 1.54) is 6.92 Å². The highest BCUT2D eigenvalue weighted by atomic mass is 16.3. The number of hydrogen-bond acceptors (Lipinski definition) is 5. The van der Waals surface area contributed by atoms with Gasteiger partial charge in [-0.15, -0.1) is 0 Å². The SMILES string of the molecule is CC(=O)N[C@H]1CN(C)[C@H](CO)[C@@H](O)[C@@H]1O. The Labute approximate surface area is 88.5 Å². The standard InChI is InChI=1S/C9H18N2O4/c1-5(13)10-6-3-11(2)7(4-12)9(15)8(6)14/h6-9,12,14-15H,3-4H2,1-2H3,(H,10,13)/t6-,7+,8+,9+/m0/s1. The van der Waals surface area contributed by atoms with Gasteiger partial charge in [0.2, 0.25) is 5.91 Å². The van der Waals surface area contributed by atoms with E-state index in [1.54, 1.807) is 11.9 Å². The van der Waals surface area contributed by atoms with Gasteiger partial charge < -0.3 is 20.6 Å². The van der Waals surface area contributed by atoms with E-state index in [4.69, 9.17) is 5.11 Å². The van der Waals surface area contributed by atoms with E-state index in [1.807, 2.05) is 0 Å². The minimum Gasteiger partial charge on any atom is -0.395 e. The molecule has 15 heavy (non-hydrogen) atoms. The van der Waals surface area contributed by atoms with Gasteiger partial charge in [0.05, 0.1) is 24.8 Å². The molecule has 0 aromatic rings. The topological polar surface area (TPSA) is 93.0 Å². The van der Waals surface area contributed by atoms with Crippen molar-refractivity contribution in [3.8, 4) is 0 Å². The summed E-state index contributed by atoms with van der Waals surface area (Å²) in [7, 11) is 1.73. The number of piperidine rings is 1. The Morgan fingerprint density at radius 1 is 1.47 bits per heavy atom. The van der Waals surface area contributed by atoms with E-state index < -0.39 is 24.3 Å². The van der Waals surface area contributed by atoms with Gasteiger partial charge in [-0.3, -0.25) is 9.69 Å². The van der Waals surface area contributed by atoms with Crippen LogP contribution in [0.3, 0.4) is 0 Å². The van der Waals surface area contributed by atoms with Crippen LogP contribution >= 0.6 is 0 Å². The van der Waals surface area contributed by atoms with Crippen LogP contribution in [0.2, 0.25) is 0 Å². The Balaban J connectivity index is 2.68. The summed E-state index contributed by atoms with van der Waals surface area (Å²) in [5.41, 5.74) is 0. The second-order valence-corrected chi connectivity index (χ2v) is 3.98. The van der Waals surface area contributed by atoms with Gasteiger partial charge in [-0.1, -0.05) is 0 Å². The van der Waals surface area contributed by atoms with E-state index in [0.29, 0.717) is 6.54 Å². The molecule has 6 nitrogen and oxygen atoms in total. The Bertz CT molecular complexity index is 236. The number of carbonyl (C=O) groups excluding carboxylic acids is 1. The molecule has 1 amide bonds. The van der Waals surface area contributed by atoms with Crippen molar-refractivity contribution in [3.63, 3.8) is 0 Å². The van der Waals surface area contributed by atoms with E-state index in [9.17, 15) is 15.0 Å². The molecule has 1 saturated heterocycles. The number of aliphatic hydroxyl groups is 3. The van der Waals surface area contributed by atoms with Crippen molar-refractivity contribution in [1.29, 1.82) is 0 Å². The number of hydrogen-bond donors (Lipinski definition) is 4. The third-order valence-electron chi connectivity index (χ3n) is 2.78. The highest BCUT2D eigenvalue weighted by Crippen LogP contribution is 2.16. The lowest BCUT2D eigenvalue weighted by Crippen LogP contribution is -2.65. The molecule has 0 spiro atoms. The fourth-order valence-corrected chi connectivity index (χ4v) is 1.92. The first-order valence-electron chi connectivity index (χ1n) is 4.91. The van der Waals surface area contributed by atoms with Crippen LogP contribution in [0.1, 0.15) is 6.92 Å². The van der Waals surface area contributed by atoms with Crippen LogP contribution in [-0.2, 0) is 4.79 Å². The first-order chi connectivity index (χ1) is 6.97. The molecule has 0 unspecified atom stereocenters. The predicted octanol–water partition coefficient (Wildman–Crippen LogP) is -2.48. The summed E-state index contributed by atoms with van der Waals surface area (Å²) in [4.78, 5) is 12.6. The molecule has 88 valence electrons. The van der Waals surface area contributed by atoms with Crippen molar-refractivity contribution in [1.82, 2.24) is 10.2 Å². The number of rotatable bonds is 2. The highest BCUT2D eigenvalue weighted by molar-refractivity contribution is 5.73. The summed E-state index contributed by atoms with van der Waals surface area (Å²) in [6.45, 7) is 1.54. The molecule has 0 radical (unpaired) electrons. The van der Waals surface area contributed by atoms with E-state index in [2.05, 4.69) is 5.32 Å². The lowest BCUT2D eigenvalue weighted by Gasteiger charge is -2.43. The fraction of sp³-hybridized carbons (Fsp3) is 0.889. The third kappa shape index (κ3) is 2.66. The van der Waals surface area contributed by atoms with Gasteiger partial charge in [-0.2, -0.15) is 0 Å². The smallest absolute Gasteiger partial charge is 0.217 e. The van der Waals surface area contributed by atoms with E-state index >= 15 is 0 Å². The molecule has 4 atom stereocenters. The molecule has 0 saturated carbocycles. The van der Waals surface area contributed by atoms with Crippen molar-refractivity contribution >= 4 is 5.91 Å². The zero-order chi connectivity index (χ0) is 11.6. The molecule has 0 aromatic heterocycles. The molecule has 1 fully saturated rings. The van der Waals surface area contributed by atoms with Gasteiger partial charge in [0.25, 0.3) is 0 Å². The minimum atomic E-state index is -1.05. The van der Waals surface area contributed by atoms with Gasteiger partial charge in [-0.05, 0) is 7.05 Å². The quantitative estimate of drug-likeness (QED) is 0.412. The second-order valence-electron chi connectivity index (χ2n) is 3.98. The minimum absolute atomic E-state index is 0.221. The monoisotopic (exact) mass is 218 g/mol. The lowest BCUT2D eigenvalue weighted by atomic mass is 9.93. The van der Waals surface area contributed by atoms with Crippen molar-refractivity contribution in [2.75, 3.05) is 20.2 Å². The molecule has 0 aliphatic carbocycles. The molecule has 0 aromatic carbocycles. The van der Waals surface area contributed by atoms with Crippen LogP contribution in [0.15, 0.2) is 0 Å². The van der Waals surface area contributed by atoms with Crippen molar-refractivity contribution < 1.29 is 20.1 Å². The van der Waals surface area contributed by atoms with Crippen LogP contribution in [-0.4, -0.2) is 70.6 Å². The molecule has 6 heteroatoms. The molecular formula is C9H18N2O4. The van der Waals surface area contributed by atoms with Crippen LogP contribution in [0.4, 0.5) is 0 Å². The second kappa shape index (κ2) is 4.89. The first kappa shape index (κ1) is 12.4. The Hall–Kier alpha value is -0.690. The number of aliphatic hydroxyl groups excluding tert-OH is 3. The Kier molecular flexibility index (Phi) is 4.04. The number of amides is 1. The van der Waals surface area contributed by atoms with Gasteiger partial charge in [0, 0.05) is 13.5 Å². The zero-order valence-electron chi connectivity index (χ0n) is 8.92. The number of nitrogens with zero attached hydrogens (tertiary/aromatic N) is 1. The average molecular weight is 218 g/mol. The maximum Gasteiger partial charge on any atom is 0.217 e. The van der Waals surface area contributed by atoms with E-state index in [-0.39, 0.29) is 12.5 Å². The first-order valence-corrected chi connectivity index (χ1v) is 4.91. The summed E-state index contributed by atoms with van der Waals surface area (Å²) >= 11 is 0. The molecule has 1 aliphatic heterocycles.